The second-order valence-corrected chi connectivity index (χ2v) is 8.55. The van der Waals surface area contributed by atoms with Gasteiger partial charge in [0.05, 0.1) is 0 Å². The van der Waals surface area contributed by atoms with Gasteiger partial charge < -0.3 is 0 Å². The van der Waals surface area contributed by atoms with Crippen LogP contribution in [0.25, 0.3) is 8.52 Å². The van der Waals surface area contributed by atoms with E-state index in [1.165, 1.54) is 0 Å². The molecule has 0 bridgehead atoms. The van der Waals surface area contributed by atoms with E-state index in [0.717, 1.165) is 0 Å². The molecule has 0 amide bonds. The summed E-state index contributed by atoms with van der Waals surface area (Å²) in [4.78, 5) is 2.36. The summed E-state index contributed by atoms with van der Waals surface area (Å²) >= 11 is 1.28. The van der Waals surface area contributed by atoms with Crippen LogP contribution < -0.4 is 0 Å². The van der Waals surface area contributed by atoms with Crippen LogP contribution in [0.3, 0.4) is 0 Å². The maximum absolute atomic E-state index is 2.36. The molecule has 0 saturated heterocycles. The van der Waals surface area contributed by atoms with Crippen molar-refractivity contribution in [3.63, 3.8) is 0 Å². The summed E-state index contributed by atoms with van der Waals surface area (Å²) in [6, 6.07) is 2.36. The van der Waals surface area contributed by atoms with E-state index >= 15 is 0 Å². The standard InChI is InChI=1S/C11H14Se2/c1-7-9-8(5-6-12-9)13-10(7)11(2,3)4/h5-6H,1-4H3. The van der Waals surface area contributed by atoms with Gasteiger partial charge in [-0.25, -0.2) is 0 Å². The molecule has 70 valence electrons. The summed E-state index contributed by atoms with van der Waals surface area (Å²) in [6.45, 7) is 9.34. The molecule has 0 unspecified atom stereocenters. The molecular formula is C11H14Se2. The normalized spacial score (nSPS) is 12.6. The number of fused-ring (bicyclic) bond motifs is 1. The minimum absolute atomic E-state index is 0.387. The summed E-state index contributed by atoms with van der Waals surface area (Å²) in [5.41, 5.74) is 2.01. The predicted molar refractivity (Wildman–Crippen MR) is 61.3 cm³/mol. The second kappa shape index (κ2) is 3.14. The van der Waals surface area contributed by atoms with Crippen LogP contribution in [-0.2, 0) is 5.41 Å². The molecule has 2 heteroatoms. The molecule has 0 spiro atoms. The number of hydrogen-bond donors (Lipinski definition) is 0. The van der Waals surface area contributed by atoms with Gasteiger partial charge >= 0.3 is 91.6 Å². The first-order chi connectivity index (χ1) is 6.00. The molecule has 0 radical (unpaired) electrons. The van der Waals surface area contributed by atoms with E-state index in [2.05, 4.69) is 38.7 Å². The van der Waals surface area contributed by atoms with Crippen LogP contribution in [-0.4, -0.2) is 29.0 Å². The van der Waals surface area contributed by atoms with Crippen molar-refractivity contribution in [3.05, 3.63) is 21.0 Å². The molecule has 2 aromatic rings. The van der Waals surface area contributed by atoms with E-state index in [0.29, 0.717) is 34.4 Å². The molecule has 0 saturated carbocycles. The Morgan fingerprint density at radius 3 is 2.46 bits per heavy atom. The summed E-state index contributed by atoms with van der Waals surface area (Å²) < 4.78 is 5.07. The Morgan fingerprint density at radius 1 is 1.23 bits per heavy atom. The van der Waals surface area contributed by atoms with E-state index in [1.807, 2.05) is 0 Å². The van der Waals surface area contributed by atoms with Crippen molar-refractivity contribution in [3.8, 4) is 0 Å². The number of aryl methyl sites for hydroxylation is 1. The van der Waals surface area contributed by atoms with Crippen molar-refractivity contribution in [2.75, 3.05) is 0 Å². The van der Waals surface area contributed by atoms with E-state index in [9.17, 15) is 0 Å². The molecule has 13 heavy (non-hydrogen) atoms. The summed E-state index contributed by atoms with van der Waals surface area (Å²) in [7, 11) is 0. The van der Waals surface area contributed by atoms with Crippen molar-refractivity contribution in [1.29, 1.82) is 0 Å². The summed E-state index contributed by atoms with van der Waals surface area (Å²) in [5, 5.41) is 0. The van der Waals surface area contributed by atoms with Gasteiger partial charge in [-0.2, -0.15) is 0 Å². The Labute approximate surface area is 91.5 Å². The quantitative estimate of drug-likeness (QED) is 0.656. The summed E-state index contributed by atoms with van der Waals surface area (Å²) in [5.74, 6) is 0. The monoisotopic (exact) mass is 306 g/mol. The van der Waals surface area contributed by atoms with Crippen LogP contribution in [0, 0.1) is 6.92 Å². The van der Waals surface area contributed by atoms with Crippen LogP contribution >= 0.6 is 0 Å². The third kappa shape index (κ3) is 1.62. The van der Waals surface area contributed by atoms with Gasteiger partial charge in [0, 0.05) is 0 Å². The van der Waals surface area contributed by atoms with Crippen LogP contribution in [0.15, 0.2) is 11.0 Å². The van der Waals surface area contributed by atoms with E-state index in [1.54, 1.807) is 18.5 Å². The fraction of sp³-hybridized carbons (Fsp3) is 0.455. The van der Waals surface area contributed by atoms with Gasteiger partial charge in [-0.3, -0.25) is 0 Å². The zero-order chi connectivity index (χ0) is 9.64. The Morgan fingerprint density at radius 2 is 1.92 bits per heavy atom. The molecule has 0 N–H and O–H groups in total. The van der Waals surface area contributed by atoms with Gasteiger partial charge in [0.25, 0.3) is 0 Å². The van der Waals surface area contributed by atoms with E-state index < -0.39 is 0 Å². The second-order valence-electron chi connectivity index (χ2n) is 4.42. The average Bonchev–Trinajstić information content (AvgIpc) is 2.51. The van der Waals surface area contributed by atoms with Crippen LogP contribution in [0.5, 0.6) is 0 Å². The predicted octanol–water partition coefficient (Wildman–Crippen LogP) is 2.56. The van der Waals surface area contributed by atoms with Gasteiger partial charge in [0.2, 0.25) is 0 Å². The topological polar surface area (TPSA) is 0 Å². The van der Waals surface area contributed by atoms with E-state index in [-0.39, 0.29) is 0 Å². The van der Waals surface area contributed by atoms with Gasteiger partial charge in [-0.1, -0.05) is 0 Å². The molecule has 0 atom stereocenters. The van der Waals surface area contributed by atoms with Crippen molar-refractivity contribution < 1.29 is 0 Å². The molecular weight excluding hydrogens is 290 g/mol. The third-order valence-electron chi connectivity index (χ3n) is 2.20. The van der Waals surface area contributed by atoms with Crippen molar-refractivity contribution >= 4 is 37.5 Å². The molecule has 0 aromatic carbocycles. The Balaban J connectivity index is 2.71. The number of hydrogen-bond acceptors (Lipinski definition) is 0. The van der Waals surface area contributed by atoms with Crippen molar-refractivity contribution in [1.82, 2.24) is 0 Å². The zero-order valence-electron chi connectivity index (χ0n) is 8.47. The molecule has 2 rings (SSSR count). The van der Waals surface area contributed by atoms with Gasteiger partial charge in [0.1, 0.15) is 0 Å². The van der Waals surface area contributed by atoms with Gasteiger partial charge in [-0.05, 0) is 0 Å². The molecule has 0 fully saturated rings. The number of rotatable bonds is 0. The Kier molecular flexibility index (Phi) is 2.36. The van der Waals surface area contributed by atoms with Crippen LogP contribution in [0.1, 0.15) is 30.8 Å². The molecule has 0 nitrogen and oxygen atoms in total. The molecule has 0 aliphatic rings. The SMILES string of the molecule is Cc1c(C(C)(C)C)[se]c2cc[se]c12. The van der Waals surface area contributed by atoms with Crippen molar-refractivity contribution in [2.45, 2.75) is 33.1 Å². The van der Waals surface area contributed by atoms with E-state index in [4.69, 9.17) is 0 Å². The van der Waals surface area contributed by atoms with Crippen LogP contribution in [0.2, 0.25) is 0 Å². The summed E-state index contributed by atoms with van der Waals surface area (Å²) in [6.07, 6.45) is 0. The first kappa shape index (κ1) is 9.80. The third-order valence-corrected chi connectivity index (χ3v) is 8.56. The van der Waals surface area contributed by atoms with Gasteiger partial charge in [-0.15, -0.1) is 0 Å². The average molecular weight is 304 g/mol. The fourth-order valence-corrected chi connectivity index (χ4v) is 7.52. The maximum atomic E-state index is 2.36. The Hall–Kier alpha value is 0.259. The zero-order valence-corrected chi connectivity index (χ0v) is 11.9. The molecule has 2 heterocycles. The van der Waals surface area contributed by atoms with Gasteiger partial charge in [0.15, 0.2) is 0 Å². The molecule has 0 aliphatic heterocycles. The molecule has 0 aliphatic carbocycles. The van der Waals surface area contributed by atoms with Crippen LogP contribution in [0.4, 0.5) is 0 Å². The molecule has 2 aromatic heterocycles. The van der Waals surface area contributed by atoms with Crippen molar-refractivity contribution in [2.24, 2.45) is 0 Å². The minimum atomic E-state index is 0.387. The first-order valence-corrected chi connectivity index (χ1v) is 8.03. The fourth-order valence-electron chi connectivity index (χ4n) is 1.66. The Bertz CT molecular complexity index is 426. The first-order valence-electron chi connectivity index (χ1n) is 4.47.